The summed E-state index contributed by atoms with van der Waals surface area (Å²) in [5.41, 5.74) is 0.779. The number of rotatable bonds is 5. The van der Waals surface area contributed by atoms with Crippen molar-refractivity contribution in [2.75, 3.05) is 32.1 Å². The quantitative estimate of drug-likeness (QED) is 0.862. The molecule has 0 radical (unpaired) electrons. The van der Waals surface area contributed by atoms with Crippen LogP contribution in [0.1, 0.15) is 19.3 Å². The molecule has 0 saturated carbocycles. The summed E-state index contributed by atoms with van der Waals surface area (Å²) in [6, 6.07) is 7.15. The summed E-state index contributed by atoms with van der Waals surface area (Å²) in [6.45, 7) is 2.19. The van der Waals surface area contributed by atoms with Crippen LogP contribution in [0.15, 0.2) is 24.3 Å². The fourth-order valence-corrected chi connectivity index (χ4v) is 2.57. The Morgan fingerprint density at radius 3 is 2.80 bits per heavy atom. The van der Waals surface area contributed by atoms with Crippen molar-refractivity contribution in [2.24, 2.45) is 0 Å². The van der Waals surface area contributed by atoms with Crippen LogP contribution in [-0.2, 0) is 9.53 Å². The molecule has 1 heterocycles. The number of carbonyl (C=O) groups excluding carboxylic acids is 1. The summed E-state index contributed by atoms with van der Waals surface area (Å²) in [5, 5.41) is 3.54. The van der Waals surface area contributed by atoms with Crippen LogP contribution in [0.4, 0.5) is 5.69 Å². The Morgan fingerprint density at radius 2 is 2.15 bits per heavy atom. The molecule has 5 heteroatoms. The summed E-state index contributed by atoms with van der Waals surface area (Å²) >= 11 is 5.81. The number of benzene rings is 1. The maximum Gasteiger partial charge on any atom is 0.279 e. The predicted octanol–water partition coefficient (Wildman–Crippen LogP) is 1.36. The molecule has 1 unspecified atom stereocenters. The van der Waals surface area contributed by atoms with E-state index in [1.165, 1.54) is 11.3 Å². The maximum absolute atomic E-state index is 11.9. The van der Waals surface area contributed by atoms with Crippen molar-refractivity contribution in [3.05, 3.63) is 29.3 Å². The lowest BCUT2D eigenvalue weighted by molar-refractivity contribution is -0.874. The molecular formula is C15H22ClN2O2+. The van der Waals surface area contributed by atoms with Crippen molar-refractivity contribution in [3.63, 3.8) is 0 Å². The Morgan fingerprint density at radius 1 is 1.40 bits per heavy atom. The van der Waals surface area contributed by atoms with Gasteiger partial charge in [0.1, 0.15) is 12.6 Å². The van der Waals surface area contributed by atoms with E-state index in [1.54, 1.807) is 24.3 Å². The Balaban J connectivity index is 1.74. The number of amides is 1. The molecule has 0 bridgehead atoms. The van der Waals surface area contributed by atoms with E-state index in [0.717, 1.165) is 31.7 Å². The highest BCUT2D eigenvalue weighted by Gasteiger charge is 2.19. The minimum absolute atomic E-state index is 0.0145. The molecule has 1 fully saturated rings. The number of nitrogens with one attached hydrogen (secondary N) is 2. The first-order valence-electron chi connectivity index (χ1n) is 7.12. The van der Waals surface area contributed by atoms with E-state index in [9.17, 15) is 4.79 Å². The molecule has 2 atom stereocenters. The molecule has 2 rings (SSSR count). The van der Waals surface area contributed by atoms with Crippen LogP contribution < -0.4 is 10.2 Å². The number of quaternary nitrogens is 1. The van der Waals surface area contributed by atoms with E-state index in [2.05, 4.69) is 5.32 Å². The number of likely N-dealkylation sites (N-methyl/N-ethyl adjacent to an activating group) is 1. The highest BCUT2D eigenvalue weighted by molar-refractivity contribution is 6.30. The van der Waals surface area contributed by atoms with Crippen LogP contribution in [0.25, 0.3) is 0 Å². The molecule has 4 nitrogen and oxygen atoms in total. The molecule has 0 spiro atoms. The SMILES string of the molecule is C[NH+](CC(=O)Nc1ccc(Cl)cc1)C[C@@H]1CCCCO1. The fraction of sp³-hybridized carbons (Fsp3) is 0.533. The second kappa shape index (κ2) is 7.62. The van der Waals surface area contributed by atoms with Crippen LogP contribution in [0.5, 0.6) is 0 Å². The van der Waals surface area contributed by atoms with E-state index in [0.29, 0.717) is 17.7 Å². The Kier molecular flexibility index (Phi) is 5.83. The molecule has 1 amide bonds. The molecule has 0 aliphatic carbocycles. The smallest absolute Gasteiger partial charge is 0.279 e. The number of carbonyl (C=O) groups is 1. The second-order valence-electron chi connectivity index (χ2n) is 5.38. The Bertz CT molecular complexity index is 430. The molecule has 1 aromatic rings. The number of ether oxygens (including phenoxy) is 1. The Labute approximate surface area is 125 Å². The highest BCUT2D eigenvalue weighted by Crippen LogP contribution is 2.13. The summed E-state index contributed by atoms with van der Waals surface area (Å²) < 4.78 is 5.69. The monoisotopic (exact) mass is 297 g/mol. The van der Waals surface area contributed by atoms with Crippen LogP contribution >= 0.6 is 11.6 Å². The normalized spacial score (nSPS) is 20.4. The average molecular weight is 298 g/mol. The minimum atomic E-state index is 0.0145. The molecule has 1 aliphatic heterocycles. The van der Waals surface area contributed by atoms with Crippen LogP contribution in [0.3, 0.4) is 0 Å². The van der Waals surface area contributed by atoms with Crippen LogP contribution in [-0.4, -0.2) is 38.8 Å². The van der Waals surface area contributed by atoms with Gasteiger partial charge in [-0.05, 0) is 43.5 Å². The molecule has 20 heavy (non-hydrogen) atoms. The summed E-state index contributed by atoms with van der Waals surface area (Å²) in [5.74, 6) is 0.0145. The van der Waals surface area contributed by atoms with Crippen molar-refractivity contribution >= 4 is 23.2 Å². The fourth-order valence-electron chi connectivity index (χ4n) is 2.44. The van der Waals surface area contributed by atoms with Crippen LogP contribution in [0, 0.1) is 0 Å². The van der Waals surface area contributed by atoms with E-state index < -0.39 is 0 Å². The third-order valence-electron chi connectivity index (χ3n) is 3.44. The van der Waals surface area contributed by atoms with Crippen LogP contribution in [0.2, 0.25) is 5.02 Å². The third-order valence-corrected chi connectivity index (χ3v) is 3.69. The first kappa shape index (κ1) is 15.3. The van der Waals surface area contributed by atoms with Gasteiger partial charge in [-0.2, -0.15) is 0 Å². The van der Waals surface area contributed by atoms with Gasteiger partial charge < -0.3 is 15.0 Å². The number of hydrogen-bond donors (Lipinski definition) is 2. The van der Waals surface area contributed by atoms with Crippen molar-refractivity contribution in [1.29, 1.82) is 0 Å². The standard InChI is InChI=1S/C15H21ClN2O2/c1-18(10-14-4-2-3-9-20-14)11-15(19)17-13-7-5-12(16)6-8-13/h5-8,14H,2-4,9-11H2,1H3,(H,17,19)/p+1/t14-/m0/s1. The van der Waals surface area contributed by atoms with E-state index in [4.69, 9.17) is 16.3 Å². The second-order valence-corrected chi connectivity index (χ2v) is 5.82. The van der Waals surface area contributed by atoms with Gasteiger partial charge in [-0.25, -0.2) is 0 Å². The number of anilines is 1. The van der Waals surface area contributed by atoms with Gasteiger partial charge in [0.25, 0.3) is 5.91 Å². The molecule has 2 N–H and O–H groups in total. The zero-order valence-electron chi connectivity index (χ0n) is 11.8. The Hall–Kier alpha value is -1.10. The lowest BCUT2D eigenvalue weighted by Gasteiger charge is -2.24. The number of halogens is 1. The third kappa shape index (κ3) is 5.12. The molecule has 1 aromatic carbocycles. The van der Waals surface area contributed by atoms with Crippen molar-refractivity contribution in [2.45, 2.75) is 25.4 Å². The molecule has 1 saturated heterocycles. The van der Waals surface area contributed by atoms with Gasteiger partial charge in [-0.1, -0.05) is 11.6 Å². The van der Waals surface area contributed by atoms with Crippen molar-refractivity contribution in [1.82, 2.24) is 0 Å². The van der Waals surface area contributed by atoms with Crippen molar-refractivity contribution in [3.8, 4) is 0 Å². The topological polar surface area (TPSA) is 42.8 Å². The van der Waals surface area contributed by atoms with Crippen molar-refractivity contribution < 1.29 is 14.4 Å². The molecular weight excluding hydrogens is 276 g/mol. The van der Waals surface area contributed by atoms with E-state index in [1.807, 2.05) is 7.05 Å². The first-order chi connectivity index (χ1) is 9.63. The van der Waals surface area contributed by atoms with Gasteiger partial charge in [-0.15, -0.1) is 0 Å². The first-order valence-corrected chi connectivity index (χ1v) is 7.49. The van der Waals surface area contributed by atoms with Gasteiger partial charge in [0.15, 0.2) is 6.54 Å². The van der Waals surface area contributed by atoms with Gasteiger partial charge in [0.05, 0.1) is 7.05 Å². The lowest BCUT2D eigenvalue weighted by atomic mass is 10.1. The van der Waals surface area contributed by atoms with Gasteiger partial charge >= 0.3 is 0 Å². The summed E-state index contributed by atoms with van der Waals surface area (Å²) in [6.07, 6.45) is 3.80. The largest absolute Gasteiger partial charge is 0.372 e. The van der Waals surface area contributed by atoms with E-state index in [-0.39, 0.29) is 5.91 Å². The van der Waals surface area contributed by atoms with Gasteiger partial charge in [0, 0.05) is 17.3 Å². The minimum Gasteiger partial charge on any atom is -0.372 e. The average Bonchev–Trinajstić information content (AvgIpc) is 2.42. The summed E-state index contributed by atoms with van der Waals surface area (Å²) in [7, 11) is 2.03. The predicted molar refractivity (Wildman–Crippen MR) is 80.3 cm³/mol. The summed E-state index contributed by atoms with van der Waals surface area (Å²) in [4.78, 5) is 13.1. The van der Waals surface area contributed by atoms with Gasteiger partial charge in [0.2, 0.25) is 0 Å². The zero-order valence-corrected chi connectivity index (χ0v) is 12.6. The maximum atomic E-state index is 11.9. The molecule has 1 aliphatic rings. The molecule has 110 valence electrons. The zero-order chi connectivity index (χ0) is 14.4. The van der Waals surface area contributed by atoms with E-state index >= 15 is 0 Å². The highest BCUT2D eigenvalue weighted by atomic mass is 35.5. The molecule has 0 aromatic heterocycles. The lowest BCUT2D eigenvalue weighted by Crippen LogP contribution is -3.11. The number of hydrogen-bond acceptors (Lipinski definition) is 2. The van der Waals surface area contributed by atoms with Gasteiger partial charge in [-0.3, -0.25) is 4.79 Å².